The summed E-state index contributed by atoms with van der Waals surface area (Å²) in [4.78, 5) is 23.2. The highest BCUT2D eigenvalue weighted by molar-refractivity contribution is 5.77. The molecular formula is C28H30N8O. The van der Waals surface area contributed by atoms with Crippen molar-refractivity contribution in [2.75, 3.05) is 7.11 Å². The molecule has 4 heterocycles. The van der Waals surface area contributed by atoms with Crippen molar-refractivity contribution in [1.29, 1.82) is 0 Å². The van der Waals surface area contributed by atoms with Crippen molar-refractivity contribution in [3.8, 4) is 28.7 Å². The second-order valence-electron chi connectivity index (χ2n) is 9.98. The molecule has 1 aromatic carbocycles. The quantitative estimate of drug-likeness (QED) is 0.293. The molecule has 0 unspecified atom stereocenters. The fourth-order valence-electron chi connectivity index (χ4n) is 4.83. The maximum Gasteiger partial charge on any atom is 0.227 e. The zero-order valence-electron chi connectivity index (χ0n) is 21.8. The minimum absolute atomic E-state index is 0.0299. The average molecular weight is 495 g/mol. The van der Waals surface area contributed by atoms with E-state index in [1.807, 2.05) is 24.0 Å². The molecule has 1 fully saturated rings. The van der Waals surface area contributed by atoms with Crippen LogP contribution < -0.4 is 4.74 Å². The molecule has 37 heavy (non-hydrogen) atoms. The smallest absolute Gasteiger partial charge is 0.227 e. The summed E-state index contributed by atoms with van der Waals surface area (Å²) in [5.74, 6) is 2.45. The fourth-order valence-corrected chi connectivity index (χ4v) is 4.83. The zero-order valence-corrected chi connectivity index (χ0v) is 21.8. The molecule has 0 saturated heterocycles. The van der Waals surface area contributed by atoms with E-state index in [-0.39, 0.29) is 6.04 Å². The Morgan fingerprint density at radius 3 is 2.46 bits per heavy atom. The SMILES string of the molecule is COc1ncnc(C2CC2)c1-c1ncc2cnn([C@H](C)c3ccc(-c4nc(C)cn4C(C)C)cc3)c2n1. The molecule has 1 atom stereocenters. The number of rotatable bonds is 7. The second kappa shape index (κ2) is 9.06. The molecular weight excluding hydrogens is 464 g/mol. The van der Waals surface area contributed by atoms with Crippen molar-refractivity contribution in [3.63, 3.8) is 0 Å². The van der Waals surface area contributed by atoms with Gasteiger partial charge >= 0.3 is 0 Å². The summed E-state index contributed by atoms with van der Waals surface area (Å²) in [6, 6.07) is 8.86. The number of methoxy groups -OCH3 is 1. The van der Waals surface area contributed by atoms with E-state index >= 15 is 0 Å². The van der Waals surface area contributed by atoms with Crippen LogP contribution in [-0.2, 0) is 0 Å². The van der Waals surface area contributed by atoms with Crippen LogP contribution in [-0.4, -0.2) is 46.4 Å². The Bertz CT molecular complexity index is 1580. The van der Waals surface area contributed by atoms with Crippen LogP contribution in [0.3, 0.4) is 0 Å². The van der Waals surface area contributed by atoms with Crippen molar-refractivity contribution in [2.24, 2.45) is 0 Å². The topological polar surface area (TPSA) is 96.4 Å². The van der Waals surface area contributed by atoms with Gasteiger partial charge in [0, 0.05) is 29.9 Å². The first kappa shape index (κ1) is 23.3. The lowest BCUT2D eigenvalue weighted by Crippen LogP contribution is -2.10. The van der Waals surface area contributed by atoms with Gasteiger partial charge < -0.3 is 9.30 Å². The molecule has 0 spiro atoms. The molecule has 9 nitrogen and oxygen atoms in total. The Morgan fingerprint density at radius 1 is 0.973 bits per heavy atom. The molecule has 9 heteroatoms. The van der Waals surface area contributed by atoms with Gasteiger partial charge in [0.05, 0.1) is 36.1 Å². The highest BCUT2D eigenvalue weighted by Gasteiger charge is 2.31. The van der Waals surface area contributed by atoms with Gasteiger partial charge in [0.1, 0.15) is 17.7 Å². The lowest BCUT2D eigenvalue weighted by molar-refractivity contribution is 0.397. The predicted molar refractivity (Wildman–Crippen MR) is 141 cm³/mol. The number of nitrogens with zero attached hydrogens (tertiary/aromatic N) is 8. The lowest BCUT2D eigenvalue weighted by Gasteiger charge is -2.16. The molecule has 1 aliphatic carbocycles. The van der Waals surface area contributed by atoms with Gasteiger partial charge in [-0.2, -0.15) is 5.10 Å². The van der Waals surface area contributed by atoms with Gasteiger partial charge in [-0.3, -0.25) is 0 Å². The van der Waals surface area contributed by atoms with Gasteiger partial charge in [0.2, 0.25) is 5.88 Å². The Labute approximate surface area is 215 Å². The Kier molecular flexibility index (Phi) is 5.70. The van der Waals surface area contributed by atoms with E-state index in [1.54, 1.807) is 13.4 Å². The van der Waals surface area contributed by atoms with Crippen LogP contribution in [0.15, 0.2) is 49.2 Å². The van der Waals surface area contributed by atoms with Crippen molar-refractivity contribution in [3.05, 3.63) is 66.1 Å². The summed E-state index contributed by atoms with van der Waals surface area (Å²) < 4.78 is 9.73. The van der Waals surface area contributed by atoms with Crippen LogP contribution in [0.5, 0.6) is 5.88 Å². The number of benzene rings is 1. The monoisotopic (exact) mass is 494 g/mol. The molecule has 5 aromatic rings. The Hall–Kier alpha value is -4.14. The van der Waals surface area contributed by atoms with Crippen molar-refractivity contribution in [2.45, 2.75) is 58.5 Å². The van der Waals surface area contributed by atoms with Crippen LogP contribution in [0.1, 0.15) is 68.6 Å². The number of imidazole rings is 1. The highest BCUT2D eigenvalue weighted by atomic mass is 16.5. The van der Waals surface area contributed by atoms with E-state index in [0.717, 1.165) is 57.8 Å². The first-order valence-corrected chi connectivity index (χ1v) is 12.7. The third-order valence-corrected chi connectivity index (χ3v) is 6.98. The molecule has 6 rings (SSSR count). The van der Waals surface area contributed by atoms with Gasteiger partial charge in [-0.05, 0) is 46.1 Å². The molecule has 1 aliphatic rings. The van der Waals surface area contributed by atoms with Crippen LogP contribution in [0.4, 0.5) is 0 Å². The van der Waals surface area contributed by atoms with Crippen LogP contribution >= 0.6 is 0 Å². The number of ether oxygens (including phenoxy) is 1. The van der Waals surface area contributed by atoms with Crippen LogP contribution in [0.25, 0.3) is 33.8 Å². The van der Waals surface area contributed by atoms with E-state index in [4.69, 9.17) is 14.7 Å². The van der Waals surface area contributed by atoms with Crippen molar-refractivity contribution >= 4 is 11.0 Å². The average Bonchev–Trinajstić information content (AvgIpc) is 3.56. The summed E-state index contributed by atoms with van der Waals surface area (Å²) in [6.45, 7) is 8.50. The van der Waals surface area contributed by atoms with E-state index in [2.05, 4.69) is 75.9 Å². The maximum atomic E-state index is 5.57. The van der Waals surface area contributed by atoms with Gasteiger partial charge in [-0.25, -0.2) is 29.6 Å². The molecule has 188 valence electrons. The van der Waals surface area contributed by atoms with E-state index in [1.165, 1.54) is 0 Å². The standard InChI is InChI=1S/C28H30N8O/c1-16(2)35-14-17(3)33-26(35)21-10-6-19(7-11-21)18(4)36-27-22(13-32-36)12-29-25(34-27)23-24(20-8-9-20)30-15-31-28(23)37-5/h6-7,10-16,18,20H,8-9H2,1-5H3/t18-/m1/s1. The number of aryl methyl sites for hydroxylation is 1. The lowest BCUT2D eigenvalue weighted by atomic mass is 10.1. The van der Waals surface area contributed by atoms with Gasteiger partial charge in [-0.15, -0.1) is 0 Å². The van der Waals surface area contributed by atoms with E-state index in [9.17, 15) is 0 Å². The maximum absolute atomic E-state index is 5.57. The minimum Gasteiger partial charge on any atom is -0.480 e. The summed E-state index contributed by atoms with van der Waals surface area (Å²) in [5.41, 5.74) is 5.74. The largest absolute Gasteiger partial charge is 0.480 e. The molecule has 0 aliphatic heterocycles. The summed E-state index contributed by atoms with van der Waals surface area (Å²) >= 11 is 0. The van der Waals surface area contributed by atoms with E-state index in [0.29, 0.717) is 23.7 Å². The Morgan fingerprint density at radius 2 is 1.76 bits per heavy atom. The zero-order chi connectivity index (χ0) is 25.7. The molecule has 0 N–H and O–H groups in total. The van der Waals surface area contributed by atoms with E-state index < -0.39 is 0 Å². The predicted octanol–water partition coefficient (Wildman–Crippen LogP) is 5.53. The fraction of sp³-hybridized carbons (Fsp3) is 0.357. The first-order chi connectivity index (χ1) is 17.9. The van der Waals surface area contributed by atoms with Gasteiger partial charge in [-0.1, -0.05) is 24.3 Å². The number of fused-ring (bicyclic) bond motifs is 1. The number of hydrogen-bond acceptors (Lipinski definition) is 7. The first-order valence-electron chi connectivity index (χ1n) is 12.7. The molecule has 0 bridgehead atoms. The number of hydrogen-bond donors (Lipinski definition) is 0. The Balaban J connectivity index is 1.37. The molecule has 4 aromatic heterocycles. The summed E-state index contributed by atoms with van der Waals surface area (Å²) in [5, 5.41) is 5.56. The van der Waals surface area contributed by atoms with Gasteiger partial charge in [0.15, 0.2) is 11.5 Å². The molecule has 1 saturated carbocycles. The second-order valence-corrected chi connectivity index (χ2v) is 9.98. The third kappa shape index (κ3) is 4.14. The molecule has 0 amide bonds. The highest BCUT2D eigenvalue weighted by Crippen LogP contribution is 2.45. The molecule has 0 radical (unpaired) electrons. The van der Waals surface area contributed by atoms with Crippen molar-refractivity contribution < 1.29 is 4.74 Å². The van der Waals surface area contributed by atoms with Crippen LogP contribution in [0.2, 0.25) is 0 Å². The normalized spacial score (nSPS) is 14.4. The van der Waals surface area contributed by atoms with Gasteiger partial charge in [0.25, 0.3) is 0 Å². The minimum atomic E-state index is -0.0299. The summed E-state index contributed by atoms with van der Waals surface area (Å²) in [7, 11) is 1.62. The summed E-state index contributed by atoms with van der Waals surface area (Å²) in [6.07, 6.45) is 9.50. The van der Waals surface area contributed by atoms with Crippen LogP contribution in [0, 0.1) is 6.92 Å². The van der Waals surface area contributed by atoms with Crippen molar-refractivity contribution in [1.82, 2.24) is 39.3 Å². The number of aromatic nitrogens is 8. The third-order valence-electron chi connectivity index (χ3n) is 6.98.